The minimum absolute atomic E-state index is 0.175. The van der Waals surface area contributed by atoms with Crippen LogP contribution in [0.1, 0.15) is 13.8 Å². The summed E-state index contributed by atoms with van der Waals surface area (Å²) in [5.41, 5.74) is 5.22. The van der Waals surface area contributed by atoms with Gasteiger partial charge in [0.25, 0.3) is 6.02 Å². The summed E-state index contributed by atoms with van der Waals surface area (Å²) in [5, 5.41) is 0. The number of hydrogen-bond donors (Lipinski definition) is 1. The molecule has 0 spiro atoms. The molecule has 10 heteroatoms. The van der Waals surface area contributed by atoms with Gasteiger partial charge in [0, 0.05) is 0 Å². The fourth-order valence-corrected chi connectivity index (χ4v) is 1.57. The highest BCUT2D eigenvalue weighted by Crippen LogP contribution is 2.26. The molecule has 0 unspecified atom stereocenters. The first-order chi connectivity index (χ1) is 7.52. The van der Waals surface area contributed by atoms with E-state index < -0.39 is 26.7 Å². The Balaban J connectivity index is 4.37. The number of rotatable bonds is 5. The molecular weight excluding hydrogens is 315 g/mol. The molecule has 6 nitrogen and oxygen atoms in total. The Bertz CT molecular complexity index is 364. The molecule has 0 aliphatic heterocycles. The molecule has 0 saturated heterocycles. The van der Waals surface area contributed by atoms with Crippen molar-refractivity contribution in [1.82, 2.24) is 0 Å². The minimum Gasteiger partial charge on any atom is -0.464 e. The van der Waals surface area contributed by atoms with Crippen LogP contribution in [0.25, 0.3) is 0 Å². The molecule has 0 rings (SSSR count). The van der Waals surface area contributed by atoms with Crippen molar-refractivity contribution in [1.29, 1.82) is 0 Å². The smallest absolute Gasteiger partial charge is 0.385 e. The normalized spacial score (nSPS) is 14.1. The fraction of sp³-hybridized carbons (Fsp3) is 0.857. The van der Waals surface area contributed by atoms with E-state index in [1.54, 1.807) is 0 Å². The summed E-state index contributed by atoms with van der Waals surface area (Å²) in [5.74, 6) is 0.175. The maximum atomic E-state index is 11.2. The van der Waals surface area contributed by atoms with E-state index in [1.165, 1.54) is 0 Å². The molecule has 0 aliphatic carbocycles. The van der Waals surface area contributed by atoms with E-state index in [2.05, 4.69) is 8.58 Å². The molecule has 0 saturated carbocycles. The van der Waals surface area contributed by atoms with Crippen molar-refractivity contribution >= 4 is 51.1 Å². The monoisotopic (exact) mass is 326 g/mol. The van der Waals surface area contributed by atoms with Crippen molar-refractivity contribution in [2.45, 2.75) is 17.6 Å². The van der Waals surface area contributed by atoms with Crippen LogP contribution in [0.15, 0.2) is 4.40 Å². The van der Waals surface area contributed by atoms with E-state index in [0.29, 0.717) is 0 Å². The van der Waals surface area contributed by atoms with E-state index in [0.717, 1.165) is 0 Å². The van der Waals surface area contributed by atoms with Gasteiger partial charge in [-0.25, -0.2) is 4.18 Å². The molecule has 0 heterocycles. The number of nitrogens with zero attached hydrogens (tertiary/aromatic N) is 1. The second-order valence-electron chi connectivity index (χ2n) is 3.44. The number of hydrogen-bond acceptors (Lipinski definition) is 4. The first-order valence-corrected chi connectivity index (χ1v) is 6.96. The molecule has 2 N–H and O–H groups in total. The summed E-state index contributed by atoms with van der Waals surface area (Å²) in [6.07, 6.45) is 0. The predicted octanol–water partition coefficient (Wildman–Crippen LogP) is 1.61. The Labute approximate surface area is 115 Å². The van der Waals surface area contributed by atoms with Gasteiger partial charge in [-0.2, -0.15) is 8.42 Å². The first kappa shape index (κ1) is 17.1. The first-order valence-electron chi connectivity index (χ1n) is 4.46. The third-order valence-corrected chi connectivity index (χ3v) is 2.28. The Morgan fingerprint density at radius 3 is 2.35 bits per heavy atom. The zero-order valence-electron chi connectivity index (χ0n) is 9.19. The topological polar surface area (TPSA) is 91.0 Å². The standard InChI is InChI=1S/C7H13Cl3N2O4S/c1-5(2)3-15-6(11)12-17(13,14)16-4-7(8,9)10/h5H,3-4H2,1-2H3,(H2,11,12). The number of halogens is 3. The van der Waals surface area contributed by atoms with Crippen LogP contribution in [-0.2, 0) is 19.2 Å². The highest BCUT2D eigenvalue weighted by Gasteiger charge is 2.24. The lowest BCUT2D eigenvalue weighted by molar-refractivity contribution is 0.254. The SMILES string of the molecule is CC(C)CO/C(N)=N/S(=O)(=O)OCC(Cl)(Cl)Cl. The molecule has 0 radical (unpaired) electrons. The van der Waals surface area contributed by atoms with Crippen molar-refractivity contribution < 1.29 is 17.3 Å². The average Bonchev–Trinajstić information content (AvgIpc) is 2.10. The van der Waals surface area contributed by atoms with Crippen LogP contribution in [0.4, 0.5) is 0 Å². The summed E-state index contributed by atoms with van der Waals surface area (Å²) in [7, 11) is -4.28. The summed E-state index contributed by atoms with van der Waals surface area (Å²) in [6, 6.07) is -0.525. The predicted molar refractivity (Wildman–Crippen MR) is 67.6 cm³/mol. The Morgan fingerprint density at radius 2 is 1.94 bits per heavy atom. The number of alkyl halides is 3. The Kier molecular flexibility index (Phi) is 6.86. The Hall–Kier alpha value is 0.0500. The minimum atomic E-state index is -4.28. The van der Waals surface area contributed by atoms with E-state index >= 15 is 0 Å². The lowest BCUT2D eigenvalue weighted by atomic mass is 10.2. The van der Waals surface area contributed by atoms with Gasteiger partial charge in [0.15, 0.2) is 0 Å². The van der Waals surface area contributed by atoms with Crippen molar-refractivity contribution in [3.05, 3.63) is 0 Å². The third kappa shape index (κ3) is 10.9. The Morgan fingerprint density at radius 1 is 1.41 bits per heavy atom. The number of nitrogens with two attached hydrogens (primary N) is 1. The maximum absolute atomic E-state index is 11.2. The molecule has 0 aromatic carbocycles. The number of ether oxygens (including phenoxy) is 1. The van der Waals surface area contributed by atoms with Crippen LogP contribution in [0.3, 0.4) is 0 Å². The molecular formula is C7H13Cl3N2O4S. The van der Waals surface area contributed by atoms with Crippen LogP contribution >= 0.6 is 34.8 Å². The molecule has 17 heavy (non-hydrogen) atoms. The lowest BCUT2D eigenvalue weighted by Gasteiger charge is -2.10. The summed E-state index contributed by atoms with van der Waals surface area (Å²) in [4.78, 5) is 0. The van der Waals surface area contributed by atoms with Gasteiger partial charge in [0.1, 0.15) is 6.61 Å². The van der Waals surface area contributed by atoms with Gasteiger partial charge < -0.3 is 10.5 Å². The molecule has 0 aromatic rings. The summed E-state index contributed by atoms with van der Waals surface area (Å²) in [6.45, 7) is 3.29. The van der Waals surface area contributed by atoms with Crippen molar-refractivity contribution in [3.8, 4) is 0 Å². The van der Waals surface area contributed by atoms with Crippen molar-refractivity contribution in [3.63, 3.8) is 0 Å². The average molecular weight is 328 g/mol. The van der Waals surface area contributed by atoms with Crippen molar-refractivity contribution in [2.75, 3.05) is 13.2 Å². The third-order valence-electron chi connectivity index (χ3n) is 1.14. The molecule has 0 aliphatic rings. The lowest BCUT2D eigenvalue weighted by Crippen LogP contribution is -2.23. The van der Waals surface area contributed by atoms with Crippen LogP contribution in [-0.4, -0.2) is 31.4 Å². The second kappa shape index (κ2) is 6.84. The van der Waals surface area contributed by atoms with Gasteiger partial charge in [-0.05, 0) is 5.92 Å². The van der Waals surface area contributed by atoms with Crippen LogP contribution < -0.4 is 5.73 Å². The van der Waals surface area contributed by atoms with Gasteiger partial charge in [-0.15, -0.1) is 0 Å². The van der Waals surface area contributed by atoms with Gasteiger partial charge in [0.05, 0.1) is 6.61 Å². The van der Waals surface area contributed by atoms with E-state index in [-0.39, 0.29) is 12.5 Å². The van der Waals surface area contributed by atoms with Crippen LogP contribution in [0.5, 0.6) is 0 Å². The van der Waals surface area contributed by atoms with Gasteiger partial charge >= 0.3 is 10.3 Å². The largest absolute Gasteiger partial charge is 0.464 e. The zero-order valence-corrected chi connectivity index (χ0v) is 12.3. The van der Waals surface area contributed by atoms with E-state index in [1.807, 2.05) is 13.8 Å². The molecule has 0 bridgehead atoms. The quantitative estimate of drug-likeness (QED) is 0.470. The van der Waals surface area contributed by atoms with Crippen LogP contribution in [0, 0.1) is 5.92 Å². The molecule has 102 valence electrons. The highest BCUT2D eigenvalue weighted by atomic mass is 35.6. The molecule has 0 fully saturated rings. The summed E-state index contributed by atoms with van der Waals surface area (Å²) < 4.78 is 32.7. The van der Waals surface area contributed by atoms with Crippen molar-refractivity contribution in [2.24, 2.45) is 16.0 Å². The van der Waals surface area contributed by atoms with E-state index in [4.69, 9.17) is 45.3 Å². The highest BCUT2D eigenvalue weighted by molar-refractivity contribution is 7.85. The van der Waals surface area contributed by atoms with Gasteiger partial charge in [-0.3, -0.25) is 0 Å². The van der Waals surface area contributed by atoms with E-state index in [9.17, 15) is 8.42 Å². The molecule has 0 amide bonds. The van der Waals surface area contributed by atoms with Gasteiger partial charge in [-0.1, -0.05) is 53.0 Å². The zero-order chi connectivity index (χ0) is 13.7. The molecule has 0 aromatic heterocycles. The number of amidine groups is 1. The second-order valence-corrected chi connectivity index (χ2v) is 7.23. The van der Waals surface area contributed by atoms with Crippen LogP contribution in [0.2, 0.25) is 0 Å². The van der Waals surface area contributed by atoms with Gasteiger partial charge in [0.2, 0.25) is 3.79 Å². The fourth-order valence-electron chi connectivity index (χ4n) is 0.556. The maximum Gasteiger partial charge on any atom is 0.385 e. The molecule has 0 atom stereocenters. The summed E-state index contributed by atoms with van der Waals surface area (Å²) >= 11 is 15.9.